The molecule has 21 heavy (non-hydrogen) atoms. The number of rotatable bonds is 4. The van der Waals surface area contributed by atoms with Crippen molar-refractivity contribution < 1.29 is 9.21 Å². The SMILES string of the molecule is O=C(NCc1ccco1)N[C@@H]1CCN(c2ccccc2)C1. The monoisotopic (exact) mass is 285 g/mol. The first-order chi connectivity index (χ1) is 10.3. The van der Waals surface area contributed by atoms with E-state index < -0.39 is 0 Å². The number of amides is 2. The van der Waals surface area contributed by atoms with Crippen molar-refractivity contribution in [2.75, 3.05) is 18.0 Å². The second-order valence-corrected chi connectivity index (χ2v) is 5.17. The van der Waals surface area contributed by atoms with Crippen molar-refractivity contribution in [1.29, 1.82) is 0 Å². The minimum atomic E-state index is -0.147. The van der Waals surface area contributed by atoms with E-state index in [9.17, 15) is 4.79 Å². The van der Waals surface area contributed by atoms with Gasteiger partial charge < -0.3 is 20.0 Å². The van der Waals surface area contributed by atoms with Crippen LogP contribution in [-0.2, 0) is 6.54 Å². The van der Waals surface area contributed by atoms with Gasteiger partial charge >= 0.3 is 6.03 Å². The van der Waals surface area contributed by atoms with Gasteiger partial charge in [-0.05, 0) is 30.7 Å². The average molecular weight is 285 g/mol. The molecule has 5 nitrogen and oxygen atoms in total. The molecule has 1 aliphatic rings. The predicted octanol–water partition coefficient (Wildman–Crippen LogP) is 2.36. The summed E-state index contributed by atoms with van der Waals surface area (Å²) >= 11 is 0. The molecule has 0 saturated carbocycles. The molecule has 2 aromatic rings. The molecule has 1 aromatic carbocycles. The molecule has 2 heterocycles. The highest BCUT2D eigenvalue weighted by Gasteiger charge is 2.23. The van der Waals surface area contributed by atoms with Gasteiger partial charge in [0.25, 0.3) is 0 Å². The van der Waals surface area contributed by atoms with Crippen LogP contribution in [0.5, 0.6) is 0 Å². The molecule has 3 rings (SSSR count). The van der Waals surface area contributed by atoms with Crippen LogP contribution in [0.2, 0.25) is 0 Å². The van der Waals surface area contributed by atoms with Crippen LogP contribution >= 0.6 is 0 Å². The molecule has 1 fully saturated rings. The van der Waals surface area contributed by atoms with Crippen LogP contribution < -0.4 is 15.5 Å². The summed E-state index contributed by atoms with van der Waals surface area (Å²) in [5.74, 6) is 0.752. The maximum atomic E-state index is 11.9. The number of carbonyl (C=O) groups is 1. The number of urea groups is 1. The summed E-state index contributed by atoms with van der Waals surface area (Å²) in [4.78, 5) is 14.1. The molecule has 0 radical (unpaired) electrons. The summed E-state index contributed by atoms with van der Waals surface area (Å²) in [6.45, 7) is 2.22. The second kappa shape index (κ2) is 6.35. The fourth-order valence-electron chi connectivity index (χ4n) is 2.57. The predicted molar refractivity (Wildman–Crippen MR) is 81.1 cm³/mol. The summed E-state index contributed by atoms with van der Waals surface area (Å²) in [6.07, 6.45) is 2.56. The highest BCUT2D eigenvalue weighted by Crippen LogP contribution is 2.19. The Kier molecular flexibility index (Phi) is 4.09. The van der Waals surface area contributed by atoms with Crippen LogP contribution in [0, 0.1) is 0 Å². The van der Waals surface area contributed by atoms with Gasteiger partial charge in [0.1, 0.15) is 5.76 Å². The number of hydrogen-bond acceptors (Lipinski definition) is 3. The maximum absolute atomic E-state index is 11.9. The van der Waals surface area contributed by atoms with Crippen molar-refractivity contribution in [3.63, 3.8) is 0 Å². The van der Waals surface area contributed by atoms with E-state index in [1.165, 1.54) is 5.69 Å². The zero-order valence-electron chi connectivity index (χ0n) is 11.8. The Hall–Kier alpha value is -2.43. The molecule has 1 aromatic heterocycles. The first-order valence-corrected chi connectivity index (χ1v) is 7.18. The molecule has 1 aliphatic heterocycles. The Morgan fingerprint density at radius 3 is 2.86 bits per heavy atom. The molecule has 2 N–H and O–H groups in total. The molecule has 1 atom stereocenters. The summed E-state index contributed by atoms with van der Waals surface area (Å²) < 4.78 is 5.18. The molecular weight excluding hydrogens is 266 g/mol. The molecule has 5 heteroatoms. The number of hydrogen-bond donors (Lipinski definition) is 2. The van der Waals surface area contributed by atoms with E-state index in [4.69, 9.17) is 4.42 Å². The Morgan fingerprint density at radius 2 is 2.10 bits per heavy atom. The standard InChI is InChI=1S/C16H19N3O2/c20-16(17-11-15-7-4-10-21-15)18-13-8-9-19(12-13)14-5-2-1-3-6-14/h1-7,10,13H,8-9,11-12H2,(H2,17,18,20)/t13-/m1/s1. The summed E-state index contributed by atoms with van der Waals surface area (Å²) in [5, 5.41) is 5.81. The third-order valence-corrected chi connectivity index (χ3v) is 3.65. The topological polar surface area (TPSA) is 57.5 Å². The Labute approximate surface area is 123 Å². The van der Waals surface area contributed by atoms with E-state index >= 15 is 0 Å². The molecule has 0 aliphatic carbocycles. The van der Waals surface area contributed by atoms with Gasteiger partial charge in [-0.3, -0.25) is 0 Å². The Balaban J connectivity index is 1.45. The molecular formula is C16H19N3O2. The average Bonchev–Trinajstić information content (AvgIpc) is 3.17. The van der Waals surface area contributed by atoms with Crippen LogP contribution in [-0.4, -0.2) is 25.2 Å². The highest BCUT2D eigenvalue weighted by molar-refractivity contribution is 5.74. The van der Waals surface area contributed by atoms with E-state index in [1.54, 1.807) is 6.26 Å². The van der Waals surface area contributed by atoms with Gasteiger partial charge in [-0.2, -0.15) is 0 Å². The van der Waals surface area contributed by atoms with Crippen molar-refractivity contribution in [3.8, 4) is 0 Å². The lowest BCUT2D eigenvalue weighted by atomic mass is 10.3. The zero-order valence-corrected chi connectivity index (χ0v) is 11.8. The van der Waals surface area contributed by atoms with E-state index in [1.807, 2.05) is 30.3 Å². The van der Waals surface area contributed by atoms with Crippen molar-refractivity contribution >= 4 is 11.7 Å². The fraction of sp³-hybridized carbons (Fsp3) is 0.312. The number of carbonyl (C=O) groups excluding carboxylic acids is 1. The minimum Gasteiger partial charge on any atom is -0.467 e. The van der Waals surface area contributed by atoms with Gasteiger partial charge in [0, 0.05) is 24.8 Å². The number of benzene rings is 1. The number of furan rings is 1. The van der Waals surface area contributed by atoms with Crippen LogP contribution in [0.3, 0.4) is 0 Å². The van der Waals surface area contributed by atoms with E-state index in [0.717, 1.165) is 25.3 Å². The quantitative estimate of drug-likeness (QED) is 0.906. The van der Waals surface area contributed by atoms with Crippen molar-refractivity contribution in [2.45, 2.75) is 19.0 Å². The van der Waals surface area contributed by atoms with Crippen molar-refractivity contribution in [1.82, 2.24) is 10.6 Å². The fourth-order valence-corrected chi connectivity index (χ4v) is 2.57. The largest absolute Gasteiger partial charge is 0.467 e. The van der Waals surface area contributed by atoms with Gasteiger partial charge in [0.2, 0.25) is 0 Å². The van der Waals surface area contributed by atoms with E-state index in [2.05, 4.69) is 27.7 Å². The van der Waals surface area contributed by atoms with Gasteiger partial charge in [-0.25, -0.2) is 4.79 Å². The molecule has 0 unspecified atom stereocenters. The molecule has 2 amide bonds. The number of anilines is 1. The van der Waals surface area contributed by atoms with Gasteiger partial charge in [-0.1, -0.05) is 18.2 Å². The summed E-state index contributed by atoms with van der Waals surface area (Å²) in [5.41, 5.74) is 1.21. The van der Waals surface area contributed by atoms with Crippen molar-refractivity contribution in [2.24, 2.45) is 0 Å². The summed E-state index contributed by atoms with van der Waals surface area (Å²) in [6, 6.07) is 14.0. The lowest BCUT2D eigenvalue weighted by molar-refractivity contribution is 0.236. The van der Waals surface area contributed by atoms with Crippen LogP contribution in [0.1, 0.15) is 12.2 Å². The smallest absolute Gasteiger partial charge is 0.315 e. The normalized spacial score (nSPS) is 17.7. The van der Waals surface area contributed by atoms with Crippen LogP contribution in [0.15, 0.2) is 53.1 Å². The minimum absolute atomic E-state index is 0.147. The number of para-hydroxylation sites is 1. The van der Waals surface area contributed by atoms with Gasteiger partial charge in [0.05, 0.1) is 12.8 Å². The zero-order chi connectivity index (χ0) is 14.5. The number of nitrogens with one attached hydrogen (secondary N) is 2. The summed E-state index contributed by atoms with van der Waals surface area (Å²) in [7, 11) is 0. The first-order valence-electron chi connectivity index (χ1n) is 7.18. The second-order valence-electron chi connectivity index (χ2n) is 5.17. The third kappa shape index (κ3) is 3.56. The van der Waals surface area contributed by atoms with Crippen LogP contribution in [0.4, 0.5) is 10.5 Å². The maximum Gasteiger partial charge on any atom is 0.315 e. The highest BCUT2D eigenvalue weighted by atomic mass is 16.3. The molecule has 0 spiro atoms. The van der Waals surface area contributed by atoms with E-state index in [-0.39, 0.29) is 12.1 Å². The Bertz CT molecular complexity index is 568. The molecule has 110 valence electrons. The number of nitrogens with zero attached hydrogens (tertiary/aromatic N) is 1. The molecule has 0 bridgehead atoms. The first kappa shape index (κ1) is 13.5. The van der Waals surface area contributed by atoms with E-state index in [0.29, 0.717) is 6.54 Å². The van der Waals surface area contributed by atoms with Crippen molar-refractivity contribution in [3.05, 3.63) is 54.5 Å². The lowest BCUT2D eigenvalue weighted by Crippen LogP contribution is -2.43. The Morgan fingerprint density at radius 1 is 1.24 bits per heavy atom. The lowest BCUT2D eigenvalue weighted by Gasteiger charge is -2.19. The third-order valence-electron chi connectivity index (χ3n) is 3.65. The van der Waals surface area contributed by atoms with Gasteiger partial charge in [0.15, 0.2) is 0 Å². The molecule has 1 saturated heterocycles. The van der Waals surface area contributed by atoms with Crippen LogP contribution in [0.25, 0.3) is 0 Å². The van der Waals surface area contributed by atoms with Gasteiger partial charge in [-0.15, -0.1) is 0 Å².